The van der Waals surface area contributed by atoms with Gasteiger partial charge in [0.2, 0.25) is 0 Å². The number of aryl methyl sites for hydroxylation is 1. The Kier molecular flexibility index (Phi) is 4.32. The van der Waals surface area contributed by atoms with Gasteiger partial charge in [0.1, 0.15) is 0 Å². The highest BCUT2D eigenvalue weighted by atomic mass is 32.1. The molecule has 15 heavy (non-hydrogen) atoms. The van der Waals surface area contributed by atoms with Gasteiger partial charge < -0.3 is 10.1 Å². The maximum absolute atomic E-state index is 5.47. The summed E-state index contributed by atoms with van der Waals surface area (Å²) in [5.74, 6) is 0. The van der Waals surface area contributed by atoms with E-state index < -0.39 is 0 Å². The average Bonchev–Trinajstić information content (AvgIpc) is 2.61. The van der Waals surface area contributed by atoms with Gasteiger partial charge in [0.25, 0.3) is 0 Å². The van der Waals surface area contributed by atoms with Gasteiger partial charge in [-0.3, -0.25) is 0 Å². The van der Waals surface area contributed by atoms with Crippen molar-refractivity contribution in [1.29, 1.82) is 0 Å². The molecular formula is C12H21NOS. The molecule has 1 heterocycles. The summed E-state index contributed by atoms with van der Waals surface area (Å²) in [7, 11) is 3.78. The molecule has 0 aliphatic carbocycles. The van der Waals surface area contributed by atoms with Crippen molar-refractivity contribution in [3.05, 3.63) is 21.9 Å². The Hall–Kier alpha value is -0.380. The Bertz CT molecular complexity index is 306. The number of hydrogen-bond donors (Lipinski definition) is 1. The Balaban J connectivity index is 2.77. The van der Waals surface area contributed by atoms with E-state index in [4.69, 9.17) is 4.74 Å². The van der Waals surface area contributed by atoms with Crippen LogP contribution in [0.3, 0.4) is 0 Å². The lowest BCUT2D eigenvalue weighted by Crippen LogP contribution is -2.30. The van der Waals surface area contributed by atoms with Crippen LogP contribution in [0.25, 0.3) is 0 Å². The number of rotatable bonds is 5. The van der Waals surface area contributed by atoms with Crippen molar-refractivity contribution in [3.8, 4) is 0 Å². The molecular weight excluding hydrogens is 206 g/mol. The van der Waals surface area contributed by atoms with Gasteiger partial charge >= 0.3 is 0 Å². The van der Waals surface area contributed by atoms with Crippen molar-refractivity contribution >= 4 is 11.3 Å². The lowest BCUT2D eigenvalue weighted by molar-refractivity contribution is 0.00744. The van der Waals surface area contributed by atoms with Crippen LogP contribution in [0.1, 0.15) is 36.8 Å². The summed E-state index contributed by atoms with van der Waals surface area (Å²) in [5.41, 5.74) is 1.31. The highest BCUT2D eigenvalue weighted by Crippen LogP contribution is 2.29. The summed E-state index contributed by atoms with van der Waals surface area (Å²) in [5, 5.41) is 5.51. The molecule has 0 aromatic carbocycles. The van der Waals surface area contributed by atoms with Gasteiger partial charge in [0.15, 0.2) is 0 Å². The second kappa shape index (κ2) is 5.10. The second-order valence-corrected chi connectivity index (χ2v) is 5.56. The molecule has 0 fully saturated rings. The first-order chi connectivity index (χ1) is 7.00. The Morgan fingerprint density at radius 2 is 2.20 bits per heavy atom. The average molecular weight is 227 g/mol. The zero-order chi connectivity index (χ0) is 11.5. The van der Waals surface area contributed by atoms with E-state index in [0.717, 1.165) is 6.42 Å². The monoisotopic (exact) mass is 227 g/mol. The van der Waals surface area contributed by atoms with Gasteiger partial charge in [0, 0.05) is 18.0 Å². The van der Waals surface area contributed by atoms with Crippen LogP contribution in [0.15, 0.2) is 11.4 Å². The second-order valence-electron chi connectivity index (χ2n) is 4.44. The maximum atomic E-state index is 5.47. The summed E-state index contributed by atoms with van der Waals surface area (Å²) in [6, 6.07) is 2.58. The summed E-state index contributed by atoms with van der Waals surface area (Å²) in [6.07, 6.45) is 0.984. The van der Waals surface area contributed by atoms with E-state index in [9.17, 15) is 0 Å². The fraction of sp³-hybridized carbons (Fsp3) is 0.667. The van der Waals surface area contributed by atoms with Crippen LogP contribution in [0.2, 0.25) is 0 Å². The fourth-order valence-corrected chi connectivity index (χ4v) is 2.46. The molecule has 2 nitrogen and oxygen atoms in total. The van der Waals surface area contributed by atoms with Crippen molar-refractivity contribution in [2.24, 2.45) is 0 Å². The normalized spacial score (nSPS) is 14.2. The minimum absolute atomic E-state index is 0.0813. The van der Waals surface area contributed by atoms with Crippen molar-refractivity contribution in [2.75, 3.05) is 14.2 Å². The summed E-state index contributed by atoms with van der Waals surface area (Å²) >= 11 is 1.80. The van der Waals surface area contributed by atoms with Gasteiger partial charge in [-0.1, -0.05) is 0 Å². The molecule has 1 atom stereocenters. The smallest absolute Gasteiger partial charge is 0.0640 e. The molecule has 0 radical (unpaired) electrons. The molecule has 1 N–H and O–H groups in total. The Morgan fingerprint density at radius 3 is 2.60 bits per heavy atom. The van der Waals surface area contributed by atoms with E-state index >= 15 is 0 Å². The fourth-order valence-electron chi connectivity index (χ4n) is 1.70. The minimum Gasteiger partial charge on any atom is -0.379 e. The molecule has 0 saturated heterocycles. The predicted molar refractivity (Wildman–Crippen MR) is 66.6 cm³/mol. The third-order valence-electron chi connectivity index (χ3n) is 2.87. The van der Waals surface area contributed by atoms with Crippen molar-refractivity contribution in [1.82, 2.24) is 5.32 Å². The van der Waals surface area contributed by atoms with Crippen molar-refractivity contribution < 1.29 is 4.74 Å². The molecule has 1 aromatic rings. The standard InChI is InChI=1S/C12H21NOS/c1-9-10(6-7-15-9)11(13-4)8-12(2,3)14-5/h6-7,11,13H,8H2,1-5H3. The van der Waals surface area contributed by atoms with E-state index in [0.29, 0.717) is 6.04 Å². The number of nitrogens with one attached hydrogen (secondary N) is 1. The van der Waals surface area contributed by atoms with E-state index in [1.807, 2.05) is 7.05 Å². The first kappa shape index (κ1) is 12.7. The van der Waals surface area contributed by atoms with Gasteiger partial charge in [-0.05, 0) is 51.2 Å². The van der Waals surface area contributed by atoms with Gasteiger partial charge in [0.05, 0.1) is 5.60 Å². The summed E-state index contributed by atoms with van der Waals surface area (Å²) < 4.78 is 5.47. The van der Waals surface area contributed by atoms with Crippen LogP contribution in [0.4, 0.5) is 0 Å². The van der Waals surface area contributed by atoms with Crippen LogP contribution in [0.5, 0.6) is 0 Å². The number of methoxy groups -OCH3 is 1. The number of thiophene rings is 1. The van der Waals surface area contributed by atoms with Gasteiger partial charge in [-0.25, -0.2) is 0 Å². The van der Waals surface area contributed by atoms with E-state index in [1.165, 1.54) is 10.4 Å². The van der Waals surface area contributed by atoms with E-state index in [-0.39, 0.29) is 5.60 Å². The third kappa shape index (κ3) is 3.30. The lowest BCUT2D eigenvalue weighted by atomic mass is 9.94. The van der Waals surface area contributed by atoms with E-state index in [1.54, 1.807) is 18.4 Å². The molecule has 0 amide bonds. The van der Waals surface area contributed by atoms with Gasteiger partial charge in [-0.2, -0.15) is 0 Å². The molecule has 0 aliphatic heterocycles. The highest BCUT2D eigenvalue weighted by molar-refractivity contribution is 7.10. The van der Waals surface area contributed by atoms with Crippen molar-refractivity contribution in [3.63, 3.8) is 0 Å². The van der Waals surface area contributed by atoms with Crippen LogP contribution < -0.4 is 5.32 Å². The molecule has 3 heteroatoms. The lowest BCUT2D eigenvalue weighted by Gasteiger charge is -2.28. The van der Waals surface area contributed by atoms with Crippen LogP contribution in [0, 0.1) is 6.92 Å². The molecule has 1 aromatic heterocycles. The number of ether oxygens (including phenoxy) is 1. The molecule has 1 rings (SSSR count). The van der Waals surface area contributed by atoms with E-state index in [2.05, 4.69) is 37.5 Å². The highest BCUT2D eigenvalue weighted by Gasteiger charge is 2.24. The third-order valence-corrected chi connectivity index (χ3v) is 3.73. The zero-order valence-corrected chi connectivity index (χ0v) is 11.1. The molecule has 0 spiro atoms. The maximum Gasteiger partial charge on any atom is 0.0640 e. The zero-order valence-electron chi connectivity index (χ0n) is 10.3. The molecule has 0 aliphatic rings. The molecule has 0 bridgehead atoms. The molecule has 86 valence electrons. The largest absolute Gasteiger partial charge is 0.379 e. The molecule has 0 saturated carbocycles. The first-order valence-electron chi connectivity index (χ1n) is 5.26. The Morgan fingerprint density at radius 1 is 1.53 bits per heavy atom. The van der Waals surface area contributed by atoms with Crippen LogP contribution in [-0.2, 0) is 4.74 Å². The number of hydrogen-bond acceptors (Lipinski definition) is 3. The summed E-state index contributed by atoms with van der Waals surface area (Å²) in [6.45, 7) is 6.42. The van der Waals surface area contributed by atoms with Crippen LogP contribution >= 0.6 is 11.3 Å². The quantitative estimate of drug-likeness (QED) is 0.834. The topological polar surface area (TPSA) is 21.3 Å². The minimum atomic E-state index is -0.0813. The summed E-state index contributed by atoms with van der Waals surface area (Å²) in [4.78, 5) is 1.39. The van der Waals surface area contributed by atoms with Gasteiger partial charge in [-0.15, -0.1) is 11.3 Å². The SMILES string of the molecule is CNC(CC(C)(C)OC)c1ccsc1C. The molecule has 1 unspecified atom stereocenters. The van der Waals surface area contributed by atoms with Crippen molar-refractivity contribution in [2.45, 2.75) is 38.8 Å². The van der Waals surface area contributed by atoms with Crippen LogP contribution in [-0.4, -0.2) is 19.8 Å². The predicted octanol–water partition coefficient (Wildman–Crippen LogP) is 3.13. The first-order valence-corrected chi connectivity index (χ1v) is 6.14. The Labute approximate surface area is 96.7 Å².